The van der Waals surface area contributed by atoms with Crippen LogP contribution >= 0.6 is 0 Å². The molecule has 0 atom stereocenters. The molecule has 1 aliphatic heterocycles. The second kappa shape index (κ2) is 8.77. The van der Waals surface area contributed by atoms with Crippen LogP contribution in [0.25, 0.3) is 11.3 Å². The fourth-order valence-electron chi connectivity index (χ4n) is 3.51. The van der Waals surface area contributed by atoms with Crippen molar-refractivity contribution in [3.05, 3.63) is 47.7 Å². The zero-order valence-corrected chi connectivity index (χ0v) is 17.7. The number of likely N-dealkylation sites (tertiary alicyclic amines) is 1. The Morgan fingerprint density at radius 2 is 1.83 bits per heavy atom. The summed E-state index contributed by atoms with van der Waals surface area (Å²) < 4.78 is 19.9. The number of hydrogen-bond acceptors (Lipinski definition) is 5. The first kappa shape index (κ1) is 21.7. The number of ether oxygens (including phenoxy) is 1. The van der Waals surface area contributed by atoms with E-state index in [2.05, 4.69) is 15.3 Å². The molecule has 2 amide bonds. The molecule has 1 saturated heterocycles. The SMILES string of the molecule is CNC(=O)c1ccc(-c2nccnc2C2CCN(C(=O)OC(C)(C)C)CC2)cc1F. The molecule has 3 rings (SSSR count). The molecule has 2 heterocycles. The molecule has 8 heteroatoms. The maximum absolute atomic E-state index is 14.5. The molecule has 0 saturated carbocycles. The van der Waals surface area contributed by atoms with E-state index in [-0.39, 0.29) is 17.6 Å². The topological polar surface area (TPSA) is 84.4 Å². The Kier molecular flexibility index (Phi) is 6.34. The monoisotopic (exact) mass is 414 g/mol. The molecule has 1 fully saturated rings. The van der Waals surface area contributed by atoms with Gasteiger partial charge in [0.1, 0.15) is 11.4 Å². The Hall–Kier alpha value is -3.03. The van der Waals surface area contributed by atoms with Crippen molar-refractivity contribution < 1.29 is 18.7 Å². The molecule has 160 valence electrons. The molecule has 1 aromatic carbocycles. The van der Waals surface area contributed by atoms with Gasteiger partial charge in [-0.15, -0.1) is 0 Å². The molecule has 0 bridgehead atoms. The molecule has 0 radical (unpaired) electrons. The van der Waals surface area contributed by atoms with E-state index in [0.717, 1.165) is 5.69 Å². The second-order valence-corrected chi connectivity index (χ2v) is 8.31. The lowest BCUT2D eigenvalue weighted by Crippen LogP contribution is -2.41. The summed E-state index contributed by atoms with van der Waals surface area (Å²) in [6.07, 6.45) is 4.30. The van der Waals surface area contributed by atoms with Crippen LogP contribution in [0.5, 0.6) is 0 Å². The van der Waals surface area contributed by atoms with Crippen LogP contribution in [0, 0.1) is 5.82 Å². The lowest BCUT2D eigenvalue weighted by molar-refractivity contribution is 0.0204. The number of aromatic nitrogens is 2. The van der Waals surface area contributed by atoms with E-state index in [9.17, 15) is 14.0 Å². The zero-order valence-electron chi connectivity index (χ0n) is 17.7. The number of nitrogens with one attached hydrogen (secondary N) is 1. The van der Waals surface area contributed by atoms with Gasteiger partial charge < -0.3 is 15.0 Å². The summed E-state index contributed by atoms with van der Waals surface area (Å²) in [4.78, 5) is 34.7. The molecule has 1 aliphatic rings. The Bertz CT molecular complexity index is 934. The Labute approximate surface area is 175 Å². The van der Waals surface area contributed by atoms with Crippen LogP contribution in [0.4, 0.5) is 9.18 Å². The predicted molar refractivity (Wildman–Crippen MR) is 111 cm³/mol. The molecular weight excluding hydrogens is 387 g/mol. The summed E-state index contributed by atoms with van der Waals surface area (Å²) in [6.45, 7) is 6.65. The fraction of sp³-hybridized carbons (Fsp3) is 0.455. The van der Waals surface area contributed by atoms with Crippen LogP contribution in [-0.4, -0.2) is 52.6 Å². The van der Waals surface area contributed by atoms with Crippen molar-refractivity contribution in [1.82, 2.24) is 20.2 Å². The fourth-order valence-corrected chi connectivity index (χ4v) is 3.51. The minimum Gasteiger partial charge on any atom is -0.444 e. The summed E-state index contributed by atoms with van der Waals surface area (Å²) in [7, 11) is 1.46. The van der Waals surface area contributed by atoms with E-state index in [0.29, 0.717) is 37.2 Å². The lowest BCUT2D eigenvalue weighted by Gasteiger charge is -2.33. The Balaban J connectivity index is 1.78. The molecule has 1 N–H and O–H groups in total. The van der Waals surface area contributed by atoms with Crippen molar-refractivity contribution in [2.24, 2.45) is 0 Å². The van der Waals surface area contributed by atoms with Gasteiger partial charge in [-0.05, 0) is 45.7 Å². The second-order valence-electron chi connectivity index (χ2n) is 8.31. The van der Waals surface area contributed by atoms with Crippen LogP contribution in [0.3, 0.4) is 0 Å². The van der Waals surface area contributed by atoms with Crippen LogP contribution in [0.1, 0.15) is 55.6 Å². The third kappa shape index (κ3) is 4.93. The summed E-state index contributed by atoms with van der Waals surface area (Å²) in [6, 6.07) is 4.44. The minimum absolute atomic E-state index is 0.0163. The average Bonchev–Trinajstić information content (AvgIpc) is 2.72. The van der Waals surface area contributed by atoms with Crippen molar-refractivity contribution in [2.75, 3.05) is 20.1 Å². The van der Waals surface area contributed by atoms with Gasteiger partial charge in [0.15, 0.2) is 0 Å². The van der Waals surface area contributed by atoms with Crippen molar-refractivity contribution >= 4 is 12.0 Å². The largest absolute Gasteiger partial charge is 0.444 e. The minimum atomic E-state index is -0.608. The van der Waals surface area contributed by atoms with E-state index in [1.807, 2.05) is 20.8 Å². The van der Waals surface area contributed by atoms with Crippen molar-refractivity contribution in [3.8, 4) is 11.3 Å². The van der Waals surface area contributed by atoms with Gasteiger partial charge in [-0.25, -0.2) is 9.18 Å². The quantitative estimate of drug-likeness (QED) is 0.827. The molecule has 0 aliphatic carbocycles. The highest BCUT2D eigenvalue weighted by atomic mass is 19.1. The maximum Gasteiger partial charge on any atom is 0.410 e. The van der Waals surface area contributed by atoms with Gasteiger partial charge in [0.2, 0.25) is 0 Å². The molecule has 0 unspecified atom stereocenters. The van der Waals surface area contributed by atoms with Gasteiger partial charge in [0.25, 0.3) is 5.91 Å². The highest BCUT2D eigenvalue weighted by Crippen LogP contribution is 2.33. The van der Waals surface area contributed by atoms with Crippen LogP contribution in [0.15, 0.2) is 30.6 Å². The molecule has 1 aromatic heterocycles. The summed E-state index contributed by atoms with van der Waals surface area (Å²) in [5.41, 5.74) is 1.39. The van der Waals surface area contributed by atoms with E-state index < -0.39 is 17.3 Å². The standard InChI is InChI=1S/C22H27FN4O3/c1-22(2,3)30-21(29)27-11-7-14(8-12-27)18-19(26-10-9-25-18)15-5-6-16(17(23)13-15)20(28)24-4/h5-6,9-10,13-14H,7-8,11-12H2,1-4H3,(H,24,28). The maximum atomic E-state index is 14.5. The van der Waals surface area contributed by atoms with Crippen molar-refractivity contribution in [2.45, 2.75) is 45.1 Å². The number of halogens is 1. The van der Waals surface area contributed by atoms with E-state index >= 15 is 0 Å². The summed E-state index contributed by atoms with van der Waals surface area (Å²) in [5, 5.41) is 2.42. The highest BCUT2D eigenvalue weighted by Gasteiger charge is 2.29. The predicted octanol–water partition coefficient (Wildman–Crippen LogP) is 3.76. The zero-order chi connectivity index (χ0) is 21.9. The van der Waals surface area contributed by atoms with Gasteiger partial charge in [-0.3, -0.25) is 14.8 Å². The third-order valence-electron chi connectivity index (χ3n) is 4.97. The first-order valence-corrected chi connectivity index (χ1v) is 10.0. The Morgan fingerprint density at radius 1 is 1.17 bits per heavy atom. The van der Waals surface area contributed by atoms with Crippen LogP contribution in [0.2, 0.25) is 0 Å². The van der Waals surface area contributed by atoms with Crippen molar-refractivity contribution in [3.63, 3.8) is 0 Å². The number of rotatable bonds is 3. The number of carbonyl (C=O) groups excluding carboxylic acids is 2. The third-order valence-corrected chi connectivity index (χ3v) is 4.97. The molecule has 2 aromatic rings. The highest BCUT2D eigenvalue weighted by molar-refractivity contribution is 5.94. The van der Waals surface area contributed by atoms with Gasteiger partial charge >= 0.3 is 6.09 Å². The molecule has 30 heavy (non-hydrogen) atoms. The molecule has 0 spiro atoms. The Morgan fingerprint density at radius 3 is 2.43 bits per heavy atom. The van der Waals surface area contributed by atoms with E-state index in [4.69, 9.17) is 4.74 Å². The average molecular weight is 414 g/mol. The first-order valence-electron chi connectivity index (χ1n) is 10.0. The number of nitrogens with zero attached hydrogens (tertiary/aromatic N) is 3. The van der Waals surface area contributed by atoms with Gasteiger partial charge in [-0.2, -0.15) is 0 Å². The van der Waals surface area contributed by atoms with Crippen LogP contribution < -0.4 is 5.32 Å². The number of carbonyl (C=O) groups is 2. The van der Waals surface area contributed by atoms with E-state index in [1.54, 1.807) is 23.4 Å². The summed E-state index contributed by atoms with van der Waals surface area (Å²) >= 11 is 0. The number of hydrogen-bond donors (Lipinski definition) is 1. The number of piperidine rings is 1. The molecule has 7 nitrogen and oxygen atoms in total. The van der Waals surface area contributed by atoms with Gasteiger partial charge in [0, 0.05) is 44.0 Å². The number of benzene rings is 1. The summed E-state index contributed by atoms with van der Waals surface area (Å²) in [5.74, 6) is -0.995. The van der Waals surface area contributed by atoms with Crippen LogP contribution in [-0.2, 0) is 4.74 Å². The number of amides is 2. The van der Waals surface area contributed by atoms with E-state index in [1.165, 1.54) is 19.2 Å². The first-order chi connectivity index (χ1) is 14.2. The molecular formula is C22H27FN4O3. The smallest absolute Gasteiger partial charge is 0.410 e. The van der Waals surface area contributed by atoms with Gasteiger partial charge in [-0.1, -0.05) is 6.07 Å². The van der Waals surface area contributed by atoms with Gasteiger partial charge in [0.05, 0.1) is 17.0 Å². The lowest BCUT2D eigenvalue weighted by atomic mass is 9.90. The normalized spacial score (nSPS) is 15.0. The van der Waals surface area contributed by atoms with Crippen molar-refractivity contribution in [1.29, 1.82) is 0 Å².